The van der Waals surface area contributed by atoms with Crippen molar-refractivity contribution in [3.05, 3.63) is 52.4 Å². The number of carbonyl (C=O) groups excluding carboxylic acids is 4. The molecule has 1 aliphatic rings. The van der Waals surface area contributed by atoms with Gasteiger partial charge in [0.05, 0.1) is 11.5 Å². The number of nitrogens with zero attached hydrogens (tertiary/aromatic N) is 1. The Morgan fingerprint density at radius 1 is 1.24 bits per heavy atom. The number of nitrogens with one attached hydrogen (secondary N) is 1. The second kappa shape index (κ2) is 8.87. The van der Waals surface area contributed by atoms with E-state index < -0.39 is 30.3 Å². The molecule has 1 atom stereocenters. The zero-order valence-electron chi connectivity index (χ0n) is 15.8. The summed E-state index contributed by atoms with van der Waals surface area (Å²) in [7, 11) is 0. The molecule has 3 rings (SSSR count). The van der Waals surface area contributed by atoms with E-state index in [1.54, 1.807) is 10.3 Å². The minimum absolute atomic E-state index is 0.0586. The summed E-state index contributed by atoms with van der Waals surface area (Å²) in [4.78, 5) is 49.3. The van der Waals surface area contributed by atoms with Crippen LogP contribution in [0.4, 0.5) is 5.00 Å². The van der Waals surface area contributed by atoms with Gasteiger partial charge in [0.25, 0.3) is 11.8 Å². The van der Waals surface area contributed by atoms with E-state index in [1.165, 1.54) is 6.07 Å². The number of rotatable bonds is 7. The van der Waals surface area contributed by atoms with Crippen molar-refractivity contribution in [1.82, 2.24) is 4.90 Å². The minimum Gasteiger partial charge on any atom is -0.455 e. The van der Waals surface area contributed by atoms with E-state index in [2.05, 4.69) is 5.32 Å². The van der Waals surface area contributed by atoms with Crippen molar-refractivity contribution >= 4 is 40.0 Å². The van der Waals surface area contributed by atoms with Crippen LogP contribution < -0.4 is 11.1 Å². The molecule has 1 aromatic heterocycles. The highest BCUT2D eigenvalue weighted by Crippen LogP contribution is 2.23. The molecule has 1 aliphatic heterocycles. The van der Waals surface area contributed by atoms with Gasteiger partial charge in [-0.3, -0.25) is 19.2 Å². The Morgan fingerprint density at radius 2 is 1.97 bits per heavy atom. The number of nitrogens with two attached hydrogens (primary N) is 1. The van der Waals surface area contributed by atoms with Gasteiger partial charge >= 0.3 is 5.97 Å². The summed E-state index contributed by atoms with van der Waals surface area (Å²) in [5.74, 6) is -2.56. The van der Waals surface area contributed by atoms with Crippen molar-refractivity contribution in [3.8, 4) is 0 Å². The van der Waals surface area contributed by atoms with Gasteiger partial charge in [-0.25, -0.2) is 0 Å². The van der Waals surface area contributed by atoms with Crippen molar-refractivity contribution in [2.45, 2.75) is 19.9 Å². The van der Waals surface area contributed by atoms with Gasteiger partial charge in [0, 0.05) is 19.5 Å². The molecule has 3 amide bonds. The second-order valence-corrected chi connectivity index (χ2v) is 7.76. The molecule has 1 aromatic carbocycles. The highest BCUT2D eigenvalue weighted by molar-refractivity contribution is 7.14. The topological polar surface area (TPSA) is 119 Å². The predicted octanol–water partition coefficient (Wildman–Crippen LogP) is 1.69. The third-order valence-electron chi connectivity index (χ3n) is 4.57. The van der Waals surface area contributed by atoms with Crippen molar-refractivity contribution in [2.24, 2.45) is 11.7 Å². The number of anilines is 1. The molecular formula is C20H21N3O5S. The van der Waals surface area contributed by atoms with Gasteiger partial charge in [0.15, 0.2) is 6.61 Å². The molecule has 0 spiro atoms. The van der Waals surface area contributed by atoms with Crippen LogP contribution in [0.1, 0.15) is 27.9 Å². The van der Waals surface area contributed by atoms with E-state index in [0.29, 0.717) is 11.5 Å². The predicted molar refractivity (Wildman–Crippen MR) is 107 cm³/mol. The number of ether oxygens (including phenoxy) is 1. The van der Waals surface area contributed by atoms with E-state index in [4.69, 9.17) is 10.5 Å². The highest BCUT2D eigenvalue weighted by Gasteiger charge is 2.35. The molecule has 9 heteroatoms. The molecule has 3 N–H and O–H groups in total. The first-order valence-corrected chi connectivity index (χ1v) is 9.88. The summed E-state index contributed by atoms with van der Waals surface area (Å²) in [6, 6.07) is 9.34. The number of carbonyl (C=O) groups is 4. The molecule has 0 saturated carbocycles. The van der Waals surface area contributed by atoms with E-state index in [9.17, 15) is 19.2 Å². The monoisotopic (exact) mass is 415 g/mol. The van der Waals surface area contributed by atoms with Crippen LogP contribution >= 0.6 is 11.3 Å². The van der Waals surface area contributed by atoms with Gasteiger partial charge < -0.3 is 20.7 Å². The van der Waals surface area contributed by atoms with Gasteiger partial charge in [0.1, 0.15) is 5.00 Å². The first-order chi connectivity index (χ1) is 13.8. The number of primary amides is 1. The lowest BCUT2D eigenvalue weighted by Crippen LogP contribution is -2.28. The number of hydrogen-bond acceptors (Lipinski definition) is 6. The van der Waals surface area contributed by atoms with Crippen molar-refractivity contribution in [3.63, 3.8) is 0 Å². The van der Waals surface area contributed by atoms with Crippen LogP contribution in [0, 0.1) is 12.8 Å². The van der Waals surface area contributed by atoms with Gasteiger partial charge in [0.2, 0.25) is 5.91 Å². The Morgan fingerprint density at radius 3 is 2.66 bits per heavy atom. The fourth-order valence-electron chi connectivity index (χ4n) is 3.01. The number of aryl methyl sites for hydroxylation is 1. The Kier molecular flexibility index (Phi) is 6.28. The van der Waals surface area contributed by atoms with E-state index in [-0.39, 0.29) is 24.4 Å². The quantitative estimate of drug-likeness (QED) is 0.667. The zero-order valence-corrected chi connectivity index (χ0v) is 16.7. The lowest BCUT2D eigenvalue weighted by Gasteiger charge is -2.16. The lowest BCUT2D eigenvalue weighted by molar-refractivity contribution is -0.151. The smallest absolute Gasteiger partial charge is 0.311 e. The normalized spacial score (nSPS) is 16.0. The molecule has 0 aliphatic carbocycles. The van der Waals surface area contributed by atoms with Crippen LogP contribution in [-0.4, -0.2) is 41.7 Å². The summed E-state index contributed by atoms with van der Waals surface area (Å²) >= 11 is 1.14. The van der Waals surface area contributed by atoms with Crippen molar-refractivity contribution < 1.29 is 23.9 Å². The Labute approximate surface area is 171 Å². The highest BCUT2D eigenvalue weighted by atomic mass is 32.1. The molecule has 2 aromatic rings. The fourth-order valence-corrected chi connectivity index (χ4v) is 3.82. The summed E-state index contributed by atoms with van der Waals surface area (Å²) in [6.07, 6.45) is 0.0586. The molecule has 29 heavy (non-hydrogen) atoms. The number of amides is 3. The maximum Gasteiger partial charge on any atom is 0.311 e. The van der Waals surface area contributed by atoms with Gasteiger partial charge in [-0.05, 0) is 23.9 Å². The average Bonchev–Trinajstić information content (AvgIpc) is 3.28. The summed E-state index contributed by atoms with van der Waals surface area (Å²) in [5.41, 5.74) is 7.54. The SMILES string of the molecule is Cc1ccc(CN2C[C@@H](C(=O)OCC(=O)Nc3sccc3C(N)=O)CC2=O)cc1. The van der Waals surface area contributed by atoms with Gasteiger partial charge in [-0.1, -0.05) is 29.8 Å². The van der Waals surface area contributed by atoms with Crippen molar-refractivity contribution in [2.75, 3.05) is 18.5 Å². The lowest BCUT2D eigenvalue weighted by atomic mass is 10.1. The van der Waals surface area contributed by atoms with E-state index in [1.807, 2.05) is 31.2 Å². The standard InChI is InChI=1S/C20H21N3O5S/c1-12-2-4-13(5-3-12)9-23-10-14(8-17(23)25)20(27)28-11-16(24)22-19-15(18(21)26)6-7-29-19/h2-7,14H,8-11H2,1H3,(H2,21,26)(H,22,24)/t14-/m0/s1. The molecular weight excluding hydrogens is 394 g/mol. The molecule has 0 bridgehead atoms. The maximum atomic E-state index is 12.3. The van der Waals surface area contributed by atoms with Gasteiger partial charge in [-0.15, -0.1) is 11.3 Å². The van der Waals surface area contributed by atoms with Crippen LogP contribution in [0.5, 0.6) is 0 Å². The molecule has 0 radical (unpaired) electrons. The number of thiophene rings is 1. The van der Waals surface area contributed by atoms with Crippen LogP contribution in [0.3, 0.4) is 0 Å². The van der Waals surface area contributed by atoms with E-state index in [0.717, 1.165) is 22.5 Å². The second-order valence-electron chi connectivity index (χ2n) is 6.84. The van der Waals surface area contributed by atoms with Crippen LogP contribution in [0.15, 0.2) is 35.7 Å². The number of esters is 1. The Bertz CT molecular complexity index is 938. The maximum absolute atomic E-state index is 12.3. The Hall–Kier alpha value is -3.20. The number of likely N-dealkylation sites (tertiary alicyclic amines) is 1. The molecule has 152 valence electrons. The minimum atomic E-state index is -0.656. The van der Waals surface area contributed by atoms with Crippen LogP contribution in [0.25, 0.3) is 0 Å². The van der Waals surface area contributed by atoms with Crippen LogP contribution in [-0.2, 0) is 25.7 Å². The van der Waals surface area contributed by atoms with E-state index >= 15 is 0 Å². The molecule has 2 heterocycles. The largest absolute Gasteiger partial charge is 0.455 e. The van der Waals surface area contributed by atoms with Crippen LogP contribution in [0.2, 0.25) is 0 Å². The first kappa shape index (κ1) is 20.5. The third-order valence-corrected chi connectivity index (χ3v) is 5.40. The molecule has 0 unspecified atom stereocenters. The molecule has 8 nitrogen and oxygen atoms in total. The zero-order chi connectivity index (χ0) is 21.0. The van der Waals surface area contributed by atoms with Crippen molar-refractivity contribution in [1.29, 1.82) is 0 Å². The average molecular weight is 415 g/mol. The Balaban J connectivity index is 1.48. The van der Waals surface area contributed by atoms with Gasteiger partial charge in [-0.2, -0.15) is 0 Å². The third kappa shape index (κ3) is 5.20. The molecule has 1 saturated heterocycles. The molecule has 1 fully saturated rings. The summed E-state index contributed by atoms with van der Waals surface area (Å²) in [6.45, 7) is 2.17. The summed E-state index contributed by atoms with van der Waals surface area (Å²) in [5, 5.41) is 4.42. The first-order valence-electron chi connectivity index (χ1n) is 9.00. The fraction of sp³-hybridized carbons (Fsp3) is 0.300. The summed E-state index contributed by atoms with van der Waals surface area (Å²) < 4.78 is 5.06. The number of hydrogen-bond donors (Lipinski definition) is 2. The number of benzene rings is 1.